The normalized spacial score (nSPS) is 11.9. The van der Waals surface area contributed by atoms with Gasteiger partial charge >= 0.3 is 5.69 Å². The van der Waals surface area contributed by atoms with Gasteiger partial charge in [-0.2, -0.15) is 10.1 Å². The molecule has 24 heavy (non-hydrogen) atoms. The van der Waals surface area contributed by atoms with Crippen LogP contribution in [-0.4, -0.2) is 24.7 Å². The molecule has 0 aliphatic carbocycles. The van der Waals surface area contributed by atoms with E-state index < -0.39 is 4.92 Å². The Hall–Kier alpha value is -3.49. The lowest BCUT2D eigenvalue weighted by Gasteiger charge is -2.14. The first-order chi connectivity index (χ1) is 11.5. The molecule has 0 unspecified atom stereocenters. The molecule has 0 radical (unpaired) electrons. The summed E-state index contributed by atoms with van der Waals surface area (Å²) < 4.78 is 1.77. The number of nitrogen functional groups attached to an aromatic ring is 1. The number of nitrogens with two attached hydrogens (primary N) is 1. The van der Waals surface area contributed by atoms with E-state index in [9.17, 15) is 10.1 Å². The Balaban J connectivity index is 1.74. The van der Waals surface area contributed by atoms with Gasteiger partial charge in [0.25, 0.3) is 0 Å². The number of hydrogen-bond donors (Lipinski definition) is 2. The summed E-state index contributed by atoms with van der Waals surface area (Å²) in [6.45, 7) is 1.93. The van der Waals surface area contributed by atoms with Gasteiger partial charge in [-0.3, -0.25) is 10.1 Å². The van der Waals surface area contributed by atoms with Crippen molar-refractivity contribution in [1.82, 2.24) is 19.7 Å². The molecule has 0 saturated carbocycles. The summed E-state index contributed by atoms with van der Waals surface area (Å²) in [5.41, 5.74) is 7.22. The Labute approximate surface area is 137 Å². The predicted octanol–water partition coefficient (Wildman–Crippen LogP) is 2.33. The molecule has 3 aromatic rings. The van der Waals surface area contributed by atoms with Crippen LogP contribution in [-0.2, 0) is 0 Å². The van der Waals surface area contributed by atoms with E-state index in [-0.39, 0.29) is 23.5 Å². The van der Waals surface area contributed by atoms with Crippen molar-refractivity contribution in [3.05, 3.63) is 64.6 Å². The van der Waals surface area contributed by atoms with Crippen LogP contribution in [0.15, 0.2) is 48.9 Å². The molecule has 9 nitrogen and oxygen atoms in total. The van der Waals surface area contributed by atoms with Gasteiger partial charge in [0.15, 0.2) is 0 Å². The first-order valence-corrected chi connectivity index (χ1v) is 7.18. The van der Waals surface area contributed by atoms with Crippen molar-refractivity contribution in [2.45, 2.75) is 13.0 Å². The average Bonchev–Trinajstić information content (AvgIpc) is 3.09. The third-order valence-corrected chi connectivity index (χ3v) is 3.50. The highest BCUT2D eigenvalue weighted by molar-refractivity contribution is 5.53. The number of aromatic nitrogens is 4. The molecule has 0 aliphatic rings. The van der Waals surface area contributed by atoms with E-state index in [1.807, 2.05) is 43.5 Å². The van der Waals surface area contributed by atoms with Gasteiger partial charge in [-0.1, -0.05) is 12.1 Å². The molecule has 3 N–H and O–H groups in total. The number of rotatable bonds is 5. The molecule has 9 heteroatoms. The molecule has 2 aromatic heterocycles. The number of hydrogen-bond acceptors (Lipinski definition) is 7. The molecule has 0 aliphatic heterocycles. The van der Waals surface area contributed by atoms with E-state index in [1.165, 1.54) is 0 Å². The highest BCUT2D eigenvalue weighted by atomic mass is 16.6. The summed E-state index contributed by atoms with van der Waals surface area (Å²) in [5, 5.41) is 18.0. The van der Waals surface area contributed by atoms with Crippen LogP contribution >= 0.6 is 0 Å². The second kappa shape index (κ2) is 6.32. The van der Waals surface area contributed by atoms with Gasteiger partial charge in [0.2, 0.25) is 11.8 Å². The van der Waals surface area contributed by atoms with Crippen LogP contribution in [0.2, 0.25) is 0 Å². The van der Waals surface area contributed by atoms with Crippen LogP contribution in [0.4, 0.5) is 17.5 Å². The van der Waals surface area contributed by atoms with Crippen LogP contribution in [0.3, 0.4) is 0 Å². The lowest BCUT2D eigenvalue weighted by atomic mass is 10.1. The minimum atomic E-state index is -0.615. The second-order valence-corrected chi connectivity index (χ2v) is 5.13. The molecule has 1 aromatic carbocycles. The molecule has 0 spiro atoms. The predicted molar refractivity (Wildman–Crippen MR) is 88.7 cm³/mol. The topological polar surface area (TPSA) is 125 Å². The van der Waals surface area contributed by atoms with Gasteiger partial charge in [-0.15, -0.1) is 0 Å². The molecule has 0 bridgehead atoms. The second-order valence-electron chi connectivity index (χ2n) is 5.13. The minimum absolute atomic E-state index is 0.0995. The highest BCUT2D eigenvalue weighted by Gasteiger charge is 2.15. The summed E-state index contributed by atoms with van der Waals surface area (Å²) in [6.07, 6.45) is 4.68. The monoisotopic (exact) mass is 325 g/mol. The highest BCUT2D eigenvalue weighted by Crippen LogP contribution is 2.22. The fourth-order valence-corrected chi connectivity index (χ4v) is 2.21. The van der Waals surface area contributed by atoms with Crippen molar-refractivity contribution in [1.29, 1.82) is 0 Å². The number of benzene rings is 1. The molecule has 2 heterocycles. The van der Waals surface area contributed by atoms with Gasteiger partial charge in [-0.05, 0) is 30.7 Å². The van der Waals surface area contributed by atoms with Crippen molar-refractivity contribution >= 4 is 17.5 Å². The number of nitro groups is 1. The first-order valence-electron chi connectivity index (χ1n) is 7.18. The molecule has 0 amide bonds. The van der Waals surface area contributed by atoms with Crippen LogP contribution in [0.25, 0.3) is 5.69 Å². The molecular formula is C15H15N7O2. The molecule has 0 fully saturated rings. The van der Waals surface area contributed by atoms with E-state index in [2.05, 4.69) is 20.4 Å². The standard InChI is InChI=1S/C15H15N7O2/c1-10(19-15-17-9-13(22(23)24)14(16)20-15)11-3-5-12(6-4-11)21-8-2-7-18-21/h2-10H,1H3,(H3,16,17,19,20)/t10-/m1/s1. The van der Waals surface area contributed by atoms with Crippen LogP contribution in [0.1, 0.15) is 18.5 Å². The summed E-state index contributed by atoms with van der Waals surface area (Å²) in [7, 11) is 0. The Morgan fingerprint density at radius 2 is 2.08 bits per heavy atom. The van der Waals surface area contributed by atoms with Crippen LogP contribution in [0, 0.1) is 10.1 Å². The minimum Gasteiger partial charge on any atom is -0.378 e. The fourth-order valence-electron chi connectivity index (χ4n) is 2.21. The Bertz CT molecular complexity index is 847. The lowest BCUT2D eigenvalue weighted by molar-refractivity contribution is -0.384. The molecule has 122 valence electrons. The van der Waals surface area contributed by atoms with Gasteiger partial charge in [0.05, 0.1) is 16.7 Å². The number of nitrogens with zero attached hydrogens (tertiary/aromatic N) is 5. The zero-order chi connectivity index (χ0) is 17.1. The summed E-state index contributed by atoms with van der Waals surface area (Å²) >= 11 is 0. The number of anilines is 2. The Kier molecular flexibility index (Phi) is 4.06. The fraction of sp³-hybridized carbons (Fsp3) is 0.133. The molecular weight excluding hydrogens is 310 g/mol. The van der Waals surface area contributed by atoms with E-state index in [0.29, 0.717) is 0 Å². The van der Waals surface area contributed by atoms with E-state index in [0.717, 1.165) is 17.4 Å². The smallest absolute Gasteiger partial charge is 0.329 e. The maximum absolute atomic E-state index is 10.7. The summed E-state index contributed by atoms with van der Waals surface area (Å²) in [6, 6.07) is 9.58. The first kappa shape index (κ1) is 15.4. The van der Waals surface area contributed by atoms with Crippen molar-refractivity contribution < 1.29 is 4.92 Å². The zero-order valence-electron chi connectivity index (χ0n) is 12.8. The SMILES string of the molecule is C[C@@H](Nc1ncc([N+](=O)[O-])c(N)n1)c1ccc(-n2cccn2)cc1. The van der Waals surface area contributed by atoms with Crippen molar-refractivity contribution in [3.63, 3.8) is 0 Å². The van der Waals surface area contributed by atoms with Crippen LogP contribution < -0.4 is 11.1 Å². The van der Waals surface area contributed by atoms with Gasteiger partial charge in [0, 0.05) is 12.4 Å². The zero-order valence-corrected chi connectivity index (χ0v) is 12.8. The quantitative estimate of drug-likeness (QED) is 0.544. The van der Waals surface area contributed by atoms with E-state index in [4.69, 9.17) is 5.73 Å². The van der Waals surface area contributed by atoms with E-state index >= 15 is 0 Å². The average molecular weight is 325 g/mol. The Morgan fingerprint density at radius 3 is 2.67 bits per heavy atom. The molecule has 0 saturated heterocycles. The third kappa shape index (κ3) is 3.14. The van der Waals surface area contributed by atoms with Crippen molar-refractivity contribution in [2.75, 3.05) is 11.1 Å². The molecule has 1 atom stereocenters. The van der Waals surface area contributed by atoms with Gasteiger partial charge < -0.3 is 11.1 Å². The van der Waals surface area contributed by atoms with Crippen molar-refractivity contribution in [3.8, 4) is 5.69 Å². The maximum atomic E-state index is 10.7. The van der Waals surface area contributed by atoms with Crippen molar-refractivity contribution in [2.24, 2.45) is 0 Å². The van der Waals surface area contributed by atoms with Gasteiger partial charge in [0.1, 0.15) is 6.20 Å². The van der Waals surface area contributed by atoms with Gasteiger partial charge in [-0.25, -0.2) is 9.67 Å². The Morgan fingerprint density at radius 1 is 1.33 bits per heavy atom. The summed E-state index contributed by atoms with van der Waals surface area (Å²) in [5.74, 6) is 0.0699. The van der Waals surface area contributed by atoms with Crippen LogP contribution in [0.5, 0.6) is 0 Å². The van der Waals surface area contributed by atoms with E-state index in [1.54, 1.807) is 10.9 Å². The largest absolute Gasteiger partial charge is 0.378 e. The molecule has 3 rings (SSSR count). The maximum Gasteiger partial charge on any atom is 0.329 e. The summed E-state index contributed by atoms with van der Waals surface area (Å²) in [4.78, 5) is 18.0. The lowest BCUT2D eigenvalue weighted by Crippen LogP contribution is -2.11. The third-order valence-electron chi connectivity index (χ3n) is 3.50. The number of nitrogens with one attached hydrogen (secondary N) is 1.